The molecular weight excluding hydrogens is 226 g/mol. The van der Waals surface area contributed by atoms with Crippen LogP contribution in [0.25, 0.3) is 0 Å². The quantitative estimate of drug-likeness (QED) is 0.239. The number of aliphatic hydroxyl groups is 2. The van der Waals surface area contributed by atoms with E-state index >= 15 is 0 Å². The lowest BCUT2D eigenvalue weighted by Crippen LogP contribution is -2.34. The monoisotopic (exact) mass is 239 g/mol. The fraction of sp³-hybridized carbons (Fsp3) is 0.200. The Morgan fingerprint density at radius 1 is 1.18 bits per heavy atom. The summed E-state index contributed by atoms with van der Waals surface area (Å²) in [7, 11) is 0. The molecule has 0 spiro atoms. The molecule has 92 valence electrons. The molecule has 2 amide bonds. The van der Waals surface area contributed by atoms with Crippen molar-refractivity contribution in [1.82, 2.24) is 5.43 Å². The number of hydrogen-bond acceptors (Lipinski definition) is 5. The third kappa shape index (κ3) is 3.00. The molecule has 0 aliphatic heterocycles. The largest absolute Gasteiger partial charge is 0.385 e. The maximum atomic E-state index is 11.1. The number of primary amides is 1. The van der Waals surface area contributed by atoms with Gasteiger partial charge in [0.1, 0.15) is 6.10 Å². The van der Waals surface area contributed by atoms with E-state index in [9.17, 15) is 19.8 Å². The predicted molar refractivity (Wildman–Crippen MR) is 58.3 cm³/mol. The molecule has 0 aliphatic carbocycles. The molecule has 0 saturated carbocycles. The Balaban J connectivity index is 2.87. The van der Waals surface area contributed by atoms with Crippen molar-refractivity contribution >= 4 is 11.8 Å². The van der Waals surface area contributed by atoms with Crippen LogP contribution in [0.2, 0.25) is 0 Å². The van der Waals surface area contributed by atoms with Gasteiger partial charge in [-0.1, -0.05) is 12.1 Å². The maximum absolute atomic E-state index is 11.1. The first kappa shape index (κ1) is 13.1. The average molecular weight is 239 g/mol. The van der Waals surface area contributed by atoms with E-state index in [-0.39, 0.29) is 11.1 Å². The number of nitrogen functional groups attached to an aromatic ring is 1. The van der Waals surface area contributed by atoms with Gasteiger partial charge in [-0.3, -0.25) is 15.0 Å². The number of nitrogens with two attached hydrogens (primary N) is 2. The molecule has 0 radical (unpaired) electrons. The van der Waals surface area contributed by atoms with Gasteiger partial charge >= 0.3 is 0 Å². The van der Waals surface area contributed by atoms with Crippen LogP contribution in [0.3, 0.4) is 0 Å². The number of amides is 2. The summed E-state index contributed by atoms with van der Waals surface area (Å²) in [6.07, 6.45) is -3.12. The van der Waals surface area contributed by atoms with Gasteiger partial charge in [0.2, 0.25) is 5.91 Å². The van der Waals surface area contributed by atoms with E-state index in [1.54, 1.807) is 0 Å². The molecular formula is C10H13N3O4. The summed E-state index contributed by atoms with van der Waals surface area (Å²) in [4.78, 5) is 21.8. The fourth-order valence-corrected chi connectivity index (χ4v) is 1.25. The van der Waals surface area contributed by atoms with Gasteiger partial charge in [-0.25, -0.2) is 5.84 Å². The van der Waals surface area contributed by atoms with Crippen molar-refractivity contribution in [2.45, 2.75) is 12.2 Å². The van der Waals surface area contributed by atoms with Crippen LogP contribution in [0.5, 0.6) is 0 Å². The van der Waals surface area contributed by atoms with E-state index in [1.807, 2.05) is 5.43 Å². The van der Waals surface area contributed by atoms with Crippen LogP contribution in [0.4, 0.5) is 0 Å². The van der Waals surface area contributed by atoms with Gasteiger partial charge in [0.25, 0.3) is 5.91 Å². The third-order valence-electron chi connectivity index (χ3n) is 2.24. The molecule has 0 fully saturated rings. The predicted octanol–water partition coefficient (Wildman–Crippen LogP) is -1.83. The number of rotatable bonds is 4. The number of hydrazine groups is 1. The highest BCUT2D eigenvalue weighted by molar-refractivity contribution is 5.93. The second kappa shape index (κ2) is 5.39. The van der Waals surface area contributed by atoms with Gasteiger partial charge < -0.3 is 15.9 Å². The Bertz CT molecular complexity index is 418. The minimum absolute atomic E-state index is 0.268. The highest BCUT2D eigenvalue weighted by Gasteiger charge is 2.23. The summed E-state index contributed by atoms with van der Waals surface area (Å²) in [5.41, 5.74) is 7.35. The summed E-state index contributed by atoms with van der Waals surface area (Å²) in [6.45, 7) is 0. The van der Waals surface area contributed by atoms with Gasteiger partial charge in [0.15, 0.2) is 6.10 Å². The summed E-state index contributed by atoms with van der Waals surface area (Å²) in [6, 6.07) is 5.58. The van der Waals surface area contributed by atoms with Crippen LogP contribution in [-0.2, 0) is 4.79 Å². The van der Waals surface area contributed by atoms with Crippen LogP contribution in [0.15, 0.2) is 24.3 Å². The molecule has 7 N–H and O–H groups in total. The lowest BCUT2D eigenvalue weighted by molar-refractivity contribution is -0.131. The Hall–Kier alpha value is -1.96. The standard InChI is InChI=1S/C10H13N3O4/c11-9(16)8(15)7(14)5-1-3-6(4-2-5)10(17)13-12/h1-4,7-8,14-15H,12H2,(H2,11,16)(H,13,17). The summed E-state index contributed by atoms with van der Waals surface area (Å²) >= 11 is 0. The zero-order valence-electron chi connectivity index (χ0n) is 8.83. The van der Waals surface area contributed by atoms with Crippen molar-refractivity contribution in [2.24, 2.45) is 11.6 Å². The van der Waals surface area contributed by atoms with Gasteiger partial charge in [0, 0.05) is 5.56 Å². The van der Waals surface area contributed by atoms with Crippen LogP contribution in [0.1, 0.15) is 22.0 Å². The van der Waals surface area contributed by atoms with Crippen LogP contribution >= 0.6 is 0 Å². The van der Waals surface area contributed by atoms with Crippen molar-refractivity contribution in [3.05, 3.63) is 35.4 Å². The lowest BCUT2D eigenvalue weighted by Gasteiger charge is -2.15. The molecule has 2 atom stereocenters. The van der Waals surface area contributed by atoms with Gasteiger partial charge in [-0.15, -0.1) is 0 Å². The molecule has 7 heteroatoms. The van der Waals surface area contributed by atoms with E-state index in [0.29, 0.717) is 0 Å². The molecule has 17 heavy (non-hydrogen) atoms. The highest BCUT2D eigenvalue weighted by atomic mass is 16.3. The molecule has 7 nitrogen and oxygen atoms in total. The topological polar surface area (TPSA) is 139 Å². The number of carbonyl (C=O) groups is 2. The number of nitrogens with one attached hydrogen (secondary N) is 1. The molecule has 0 aromatic heterocycles. The number of hydrogen-bond donors (Lipinski definition) is 5. The Morgan fingerprint density at radius 3 is 2.12 bits per heavy atom. The average Bonchev–Trinajstić information content (AvgIpc) is 2.36. The zero-order valence-corrected chi connectivity index (χ0v) is 8.83. The summed E-state index contributed by atoms with van der Waals surface area (Å²) < 4.78 is 0. The van der Waals surface area contributed by atoms with Crippen molar-refractivity contribution in [3.8, 4) is 0 Å². The molecule has 0 heterocycles. The molecule has 0 saturated heterocycles. The normalized spacial score (nSPS) is 13.8. The van der Waals surface area contributed by atoms with Crippen LogP contribution < -0.4 is 17.0 Å². The van der Waals surface area contributed by atoms with E-state index in [1.165, 1.54) is 24.3 Å². The second-order valence-electron chi connectivity index (χ2n) is 3.39. The SMILES string of the molecule is NNC(=O)c1ccc(C(O)C(O)C(N)=O)cc1. The van der Waals surface area contributed by atoms with Crippen LogP contribution in [-0.4, -0.2) is 28.1 Å². The first-order valence-electron chi connectivity index (χ1n) is 4.73. The molecule has 0 aliphatic rings. The Labute approximate surface area is 97.0 Å². The lowest BCUT2D eigenvalue weighted by atomic mass is 10.0. The number of benzene rings is 1. The van der Waals surface area contributed by atoms with Crippen LogP contribution in [0, 0.1) is 0 Å². The third-order valence-corrected chi connectivity index (χ3v) is 2.24. The smallest absolute Gasteiger partial charge is 0.265 e. The van der Waals surface area contributed by atoms with E-state index in [0.717, 1.165) is 0 Å². The van der Waals surface area contributed by atoms with E-state index in [2.05, 4.69) is 0 Å². The molecule has 0 bridgehead atoms. The minimum Gasteiger partial charge on any atom is -0.385 e. The molecule has 1 aromatic rings. The zero-order chi connectivity index (χ0) is 13.0. The summed E-state index contributed by atoms with van der Waals surface area (Å²) in [5, 5.41) is 18.8. The molecule has 1 aromatic carbocycles. The first-order chi connectivity index (χ1) is 7.97. The first-order valence-corrected chi connectivity index (χ1v) is 4.73. The number of aliphatic hydroxyl groups excluding tert-OH is 2. The van der Waals surface area contributed by atoms with Crippen molar-refractivity contribution in [1.29, 1.82) is 0 Å². The maximum Gasteiger partial charge on any atom is 0.265 e. The van der Waals surface area contributed by atoms with Crippen molar-refractivity contribution in [3.63, 3.8) is 0 Å². The summed E-state index contributed by atoms with van der Waals surface area (Å²) in [5.74, 6) is 3.43. The molecule has 2 unspecified atom stereocenters. The second-order valence-corrected chi connectivity index (χ2v) is 3.39. The van der Waals surface area contributed by atoms with Crippen molar-refractivity contribution < 1.29 is 19.8 Å². The Kier molecular flexibility index (Phi) is 4.16. The number of carbonyl (C=O) groups excluding carboxylic acids is 2. The molecule has 1 rings (SSSR count). The van der Waals surface area contributed by atoms with E-state index < -0.39 is 24.0 Å². The van der Waals surface area contributed by atoms with Gasteiger partial charge in [-0.2, -0.15) is 0 Å². The Morgan fingerprint density at radius 2 is 1.71 bits per heavy atom. The van der Waals surface area contributed by atoms with Gasteiger partial charge in [0.05, 0.1) is 0 Å². The fourth-order valence-electron chi connectivity index (χ4n) is 1.25. The van der Waals surface area contributed by atoms with Gasteiger partial charge in [-0.05, 0) is 17.7 Å². The minimum atomic E-state index is -1.69. The van der Waals surface area contributed by atoms with Crippen molar-refractivity contribution in [2.75, 3.05) is 0 Å². The van der Waals surface area contributed by atoms with E-state index in [4.69, 9.17) is 11.6 Å². The highest BCUT2D eigenvalue weighted by Crippen LogP contribution is 2.17.